The summed E-state index contributed by atoms with van der Waals surface area (Å²) in [7, 11) is 1.39. The van der Waals surface area contributed by atoms with Crippen molar-refractivity contribution in [2.75, 3.05) is 11.9 Å². The van der Waals surface area contributed by atoms with Crippen LogP contribution >= 0.6 is 11.3 Å². The van der Waals surface area contributed by atoms with Crippen LogP contribution in [0.4, 0.5) is 10.5 Å². The Morgan fingerprint density at radius 3 is 2.34 bits per heavy atom. The van der Waals surface area contributed by atoms with Crippen LogP contribution in [0.3, 0.4) is 0 Å². The number of hydrogen-bond acceptors (Lipinski definition) is 4. The molecule has 6 rings (SSSR count). The van der Waals surface area contributed by atoms with Crippen molar-refractivity contribution in [1.29, 1.82) is 0 Å². The highest BCUT2D eigenvalue weighted by molar-refractivity contribution is 7.11. The number of nitrogens with zero attached hydrogens (tertiary/aromatic N) is 2. The molecule has 1 aliphatic rings. The summed E-state index contributed by atoms with van der Waals surface area (Å²) >= 11 is 1.47. The van der Waals surface area contributed by atoms with Gasteiger partial charge in [0.25, 0.3) is 11.8 Å². The van der Waals surface area contributed by atoms with Crippen molar-refractivity contribution in [3.05, 3.63) is 106 Å². The maximum Gasteiger partial charge on any atom is 0.338 e. The van der Waals surface area contributed by atoms with E-state index in [1.54, 1.807) is 36.4 Å². The van der Waals surface area contributed by atoms with Crippen LogP contribution in [0, 0.1) is 0 Å². The van der Waals surface area contributed by atoms with E-state index in [1.807, 2.05) is 18.2 Å². The Bertz CT molecular complexity index is 1780. The van der Waals surface area contributed by atoms with E-state index in [-0.39, 0.29) is 11.0 Å². The van der Waals surface area contributed by atoms with Gasteiger partial charge in [0.1, 0.15) is 5.57 Å². The van der Waals surface area contributed by atoms with Gasteiger partial charge in [-0.3, -0.25) is 14.5 Å². The lowest BCUT2D eigenvalue weighted by Gasteiger charge is -2.31. The second-order valence-corrected chi connectivity index (χ2v) is 10.9. The maximum atomic E-state index is 13.3. The zero-order valence-electron chi connectivity index (χ0n) is 21.2. The number of thiophene rings is 1. The smallest absolute Gasteiger partial charge is 0.338 e. The first kappa shape index (κ1) is 23.9. The molecule has 0 spiro atoms. The number of anilines is 1. The van der Waals surface area contributed by atoms with Gasteiger partial charge in [-0.15, -0.1) is 11.3 Å². The van der Waals surface area contributed by atoms with Crippen LogP contribution in [0.15, 0.2) is 89.8 Å². The first-order chi connectivity index (χ1) is 18.3. The minimum atomic E-state index is -0.664. The van der Waals surface area contributed by atoms with Gasteiger partial charge in [0.15, 0.2) is 0 Å². The monoisotopic (exact) mass is 519 g/mol. The van der Waals surface area contributed by atoms with Gasteiger partial charge in [-0.25, -0.2) is 9.69 Å². The molecule has 0 radical (unpaired) electrons. The minimum Gasteiger partial charge on any atom is -0.354 e. The quantitative estimate of drug-likeness (QED) is 0.212. The molecule has 0 atom stereocenters. The zero-order chi connectivity index (χ0) is 26.6. The molecule has 1 aliphatic heterocycles. The van der Waals surface area contributed by atoms with Crippen molar-refractivity contribution in [2.24, 2.45) is 0 Å². The van der Waals surface area contributed by atoms with Crippen LogP contribution in [0.25, 0.3) is 27.9 Å². The Morgan fingerprint density at radius 1 is 0.842 bits per heavy atom. The zero-order valence-corrected chi connectivity index (χ0v) is 22.0. The summed E-state index contributed by atoms with van der Waals surface area (Å²) in [5.41, 5.74) is 4.46. The van der Waals surface area contributed by atoms with Gasteiger partial charge >= 0.3 is 6.03 Å². The molecule has 0 aliphatic carbocycles. The number of amides is 4. The number of likely N-dealkylation sites (N-methyl/N-ethyl adjacent to an activating group) is 1. The first-order valence-electron chi connectivity index (χ1n) is 12.3. The molecule has 5 aromatic rings. The van der Waals surface area contributed by atoms with Crippen LogP contribution in [-0.2, 0) is 15.0 Å². The van der Waals surface area contributed by atoms with E-state index in [4.69, 9.17) is 0 Å². The highest BCUT2D eigenvalue weighted by Crippen LogP contribution is 2.40. The van der Waals surface area contributed by atoms with Gasteiger partial charge in [0.2, 0.25) is 0 Å². The number of fused-ring (bicyclic) bond motifs is 3. The molecule has 4 amide bonds. The lowest BCUT2D eigenvalue weighted by Crippen LogP contribution is -2.55. The molecule has 3 heterocycles. The number of aromatic amines is 1. The predicted octanol–water partition coefficient (Wildman–Crippen LogP) is 6.72. The van der Waals surface area contributed by atoms with Crippen molar-refractivity contribution < 1.29 is 14.4 Å². The van der Waals surface area contributed by atoms with E-state index < -0.39 is 17.8 Å². The van der Waals surface area contributed by atoms with Gasteiger partial charge < -0.3 is 4.98 Å². The number of para-hydroxylation sites is 3. The molecular formula is C31H25N3O3S. The number of nitrogens with one attached hydrogen (secondary N) is 1. The third kappa shape index (κ3) is 3.66. The molecule has 2 aromatic heterocycles. The van der Waals surface area contributed by atoms with Gasteiger partial charge in [-0.05, 0) is 46.8 Å². The molecule has 38 heavy (non-hydrogen) atoms. The molecule has 3 aromatic carbocycles. The number of urea groups is 1. The van der Waals surface area contributed by atoms with E-state index >= 15 is 0 Å². The third-order valence-electron chi connectivity index (χ3n) is 7.30. The van der Waals surface area contributed by atoms with Crippen LogP contribution < -0.4 is 4.90 Å². The summed E-state index contributed by atoms with van der Waals surface area (Å²) in [4.78, 5) is 45.5. The van der Waals surface area contributed by atoms with Gasteiger partial charge in [-0.2, -0.15) is 0 Å². The third-order valence-corrected chi connectivity index (χ3v) is 8.18. The SMILES string of the molecule is CN1C(=O)/C(=C\c2cc(C(C)(C)c3cccc4c3[nH]c3ccccc34)cs2)C(=O)N(c2ccccc2)C1=O. The number of hydrogen-bond donors (Lipinski definition) is 1. The standard InChI is InChI=1S/C31H25N3O3S/c1-31(2,25-14-9-13-23-22-12-7-8-15-26(22)32-27(23)25)19-16-21(38-18-19)17-24-28(35)33(3)30(37)34(29(24)36)20-10-5-4-6-11-20/h4-18,32H,1-3H3/b24-17+. The molecule has 188 valence electrons. The number of barbiturate groups is 1. The van der Waals surface area contributed by atoms with Crippen LogP contribution in [0.2, 0.25) is 0 Å². The second kappa shape index (κ2) is 8.82. The Morgan fingerprint density at radius 2 is 1.55 bits per heavy atom. The normalized spacial score (nSPS) is 15.9. The fourth-order valence-electron chi connectivity index (χ4n) is 5.09. The molecule has 0 bridgehead atoms. The molecular weight excluding hydrogens is 494 g/mol. The first-order valence-corrected chi connectivity index (χ1v) is 13.2. The fraction of sp³-hybridized carbons (Fsp3) is 0.129. The molecule has 1 N–H and O–H groups in total. The lowest BCUT2D eigenvalue weighted by molar-refractivity contribution is -0.128. The topological polar surface area (TPSA) is 73.5 Å². The van der Waals surface area contributed by atoms with Gasteiger partial charge in [0, 0.05) is 33.6 Å². The van der Waals surface area contributed by atoms with Crippen molar-refractivity contribution in [1.82, 2.24) is 9.88 Å². The maximum absolute atomic E-state index is 13.3. The summed E-state index contributed by atoms with van der Waals surface area (Å²) in [5.74, 6) is -1.23. The highest BCUT2D eigenvalue weighted by atomic mass is 32.1. The number of carbonyl (C=O) groups is 3. The summed E-state index contributed by atoms with van der Waals surface area (Å²) in [6, 6.07) is 24.6. The summed E-state index contributed by atoms with van der Waals surface area (Å²) in [5, 5.41) is 4.43. The molecule has 0 unspecified atom stereocenters. The number of rotatable bonds is 4. The van der Waals surface area contributed by atoms with Gasteiger partial charge in [0.05, 0.1) is 11.2 Å². The van der Waals surface area contributed by atoms with E-state index in [1.165, 1.54) is 29.2 Å². The molecule has 1 fully saturated rings. The summed E-state index contributed by atoms with van der Waals surface area (Å²) in [6.07, 6.45) is 1.59. The molecule has 1 saturated heterocycles. The molecule has 6 nitrogen and oxygen atoms in total. The average molecular weight is 520 g/mol. The van der Waals surface area contributed by atoms with Crippen molar-refractivity contribution in [3.63, 3.8) is 0 Å². The predicted molar refractivity (Wildman–Crippen MR) is 152 cm³/mol. The largest absolute Gasteiger partial charge is 0.354 e. The van der Waals surface area contributed by atoms with E-state index in [0.717, 1.165) is 36.8 Å². The lowest BCUT2D eigenvalue weighted by atomic mass is 9.78. The highest BCUT2D eigenvalue weighted by Gasteiger charge is 2.41. The molecule has 0 saturated carbocycles. The Labute approximate surface area is 223 Å². The van der Waals surface area contributed by atoms with Gasteiger partial charge in [-0.1, -0.05) is 68.4 Å². The molecule has 7 heteroatoms. The summed E-state index contributed by atoms with van der Waals surface area (Å²) in [6.45, 7) is 4.35. The van der Waals surface area contributed by atoms with Crippen LogP contribution in [0.5, 0.6) is 0 Å². The van der Waals surface area contributed by atoms with Crippen molar-refractivity contribution in [3.8, 4) is 0 Å². The number of imide groups is 2. The van der Waals surface area contributed by atoms with Crippen molar-refractivity contribution in [2.45, 2.75) is 19.3 Å². The second-order valence-electron chi connectivity index (χ2n) is 9.94. The number of benzene rings is 3. The van der Waals surface area contributed by atoms with E-state index in [9.17, 15) is 14.4 Å². The Kier molecular flexibility index (Phi) is 5.54. The van der Waals surface area contributed by atoms with E-state index in [0.29, 0.717) is 5.69 Å². The fourth-order valence-corrected chi connectivity index (χ4v) is 6.10. The summed E-state index contributed by atoms with van der Waals surface area (Å²) < 4.78 is 0. The van der Waals surface area contributed by atoms with Crippen molar-refractivity contribution >= 4 is 62.8 Å². The minimum absolute atomic E-state index is 0.0418. The number of carbonyl (C=O) groups excluding carboxylic acids is 3. The number of aromatic nitrogens is 1. The van der Waals surface area contributed by atoms with Crippen LogP contribution in [0.1, 0.15) is 29.9 Å². The Hall–Kier alpha value is -4.49. The Balaban J connectivity index is 1.39. The van der Waals surface area contributed by atoms with Crippen LogP contribution in [-0.4, -0.2) is 34.8 Å². The number of H-pyrrole nitrogens is 1. The average Bonchev–Trinajstić information content (AvgIpc) is 3.56. The van der Waals surface area contributed by atoms with E-state index in [2.05, 4.69) is 54.5 Å².